The third-order valence-corrected chi connectivity index (χ3v) is 4.01. The Morgan fingerprint density at radius 2 is 2.40 bits per heavy atom. The van der Waals surface area contributed by atoms with Crippen molar-refractivity contribution in [2.24, 2.45) is 11.3 Å². The third-order valence-electron chi connectivity index (χ3n) is 2.45. The lowest BCUT2D eigenvalue weighted by molar-refractivity contribution is 0.417. The number of halogens is 1. The SMILES string of the molecule is C[C@]12C=C(O)C=C[C@@H]1C2Br. The van der Waals surface area contributed by atoms with Gasteiger partial charge in [-0.3, -0.25) is 0 Å². The van der Waals surface area contributed by atoms with Gasteiger partial charge in [-0.05, 0) is 12.2 Å². The number of hydrogen-bond donors (Lipinski definition) is 1. The first-order valence-electron chi connectivity index (χ1n) is 3.39. The van der Waals surface area contributed by atoms with Crippen molar-refractivity contribution in [2.75, 3.05) is 0 Å². The van der Waals surface area contributed by atoms with Gasteiger partial charge in [0, 0.05) is 16.2 Å². The molecule has 0 aromatic rings. The van der Waals surface area contributed by atoms with Crippen LogP contribution in [0.25, 0.3) is 0 Å². The van der Waals surface area contributed by atoms with Crippen LogP contribution in [0.4, 0.5) is 0 Å². The van der Waals surface area contributed by atoms with E-state index in [1.807, 2.05) is 6.08 Å². The molecule has 0 aromatic heterocycles. The summed E-state index contributed by atoms with van der Waals surface area (Å²) in [4.78, 5) is 0.529. The smallest absolute Gasteiger partial charge is 0.111 e. The summed E-state index contributed by atoms with van der Waals surface area (Å²) >= 11 is 3.55. The molecule has 2 heteroatoms. The van der Waals surface area contributed by atoms with E-state index in [2.05, 4.69) is 28.9 Å². The van der Waals surface area contributed by atoms with E-state index in [0.717, 1.165) is 0 Å². The Balaban J connectivity index is 2.35. The predicted octanol–water partition coefficient (Wildman–Crippen LogP) is 2.40. The van der Waals surface area contributed by atoms with Gasteiger partial charge in [-0.25, -0.2) is 0 Å². The quantitative estimate of drug-likeness (QED) is 0.596. The molecule has 0 spiro atoms. The standard InChI is InChI=1S/C8H9BrO/c1-8-4-5(10)2-3-6(8)7(8)9/h2-4,6-7,10H,1H3/t6-,7?,8+/m1/s1. The topological polar surface area (TPSA) is 20.2 Å². The van der Waals surface area contributed by atoms with E-state index in [4.69, 9.17) is 5.11 Å². The largest absolute Gasteiger partial charge is 0.508 e. The molecule has 1 saturated carbocycles. The average molecular weight is 201 g/mol. The Labute approximate surface area is 68.6 Å². The minimum Gasteiger partial charge on any atom is -0.508 e. The van der Waals surface area contributed by atoms with Gasteiger partial charge in [0.05, 0.1) is 0 Å². The van der Waals surface area contributed by atoms with Crippen molar-refractivity contribution in [1.29, 1.82) is 0 Å². The van der Waals surface area contributed by atoms with Crippen LogP contribution in [-0.2, 0) is 0 Å². The lowest BCUT2D eigenvalue weighted by Crippen LogP contribution is -1.98. The fraction of sp³-hybridized carbons (Fsp3) is 0.500. The van der Waals surface area contributed by atoms with Crippen LogP contribution >= 0.6 is 15.9 Å². The van der Waals surface area contributed by atoms with Crippen molar-refractivity contribution in [3.63, 3.8) is 0 Å². The summed E-state index contributed by atoms with van der Waals surface area (Å²) < 4.78 is 0. The summed E-state index contributed by atoms with van der Waals surface area (Å²) in [5.74, 6) is 1.00. The summed E-state index contributed by atoms with van der Waals surface area (Å²) in [7, 11) is 0. The number of aliphatic hydroxyl groups is 1. The van der Waals surface area contributed by atoms with Gasteiger partial charge in [0.1, 0.15) is 5.76 Å². The Hall–Kier alpha value is -0.240. The number of fused-ring (bicyclic) bond motifs is 1. The van der Waals surface area contributed by atoms with E-state index in [9.17, 15) is 0 Å². The molecule has 2 aliphatic rings. The zero-order chi connectivity index (χ0) is 7.35. The highest BCUT2D eigenvalue weighted by atomic mass is 79.9. The van der Waals surface area contributed by atoms with Crippen molar-refractivity contribution in [3.8, 4) is 0 Å². The predicted molar refractivity (Wildman–Crippen MR) is 44.2 cm³/mol. The van der Waals surface area contributed by atoms with E-state index in [-0.39, 0.29) is 5.41 Å². The monoisotopic (exact) mass is 200 g/mol. The maximum Gasteiger partial charge on any atom is 0.111 e. The van der Waals surface area contributed by atoms with Gasteiger partial charge in [0.15, 0.2) is 0 Å². The van der Waals surface area contributed by atoms with Crippen LogP contribution in [0.5, 0.6) is 0 Å². The summed E-state index contributed by atoms with van der Waals surface area (Å²) in [5, 5.41) is 9.14. The third kappa shape index (κ3) is 0.628. The number of rotatable bonds is 0. The van der Waals surface area contributed by atoms with Gasteiger partial charge in [0.25, 0.3) is 0 Å². The molecule has 1 N–H and O–H groups in total. The van der Waals surface area contributed by atoms with E-state index in [1.54, 1.807) is 6.08 Å². The molecule has 0 heterocycles. The Bertz CT molecular complexity index is 231. The van der Waals surface area contributed by atoms with Crippen molar-refractivity contribution in [1.82, 2.24) is 0 Å². The second-order valence-electron chi connectivity index (χ2n) is 3.22. The summed E-state index contributed by atoms with van der Waals surface area (Å²) in [6.45, 7) is 2.15. The van der Waals surface area contributed by atoms with E-state index in [1.165, 1.54) is 0 Å². The summed E-state index contributed by atoms with van der Waals surface area (Å²) in [5.41, 5.74) is 0.193. The zero-order valence-corrected chi connectivity index (χ0v) is 7.30. The van der Waals surface area contributed by atoms with Crippen LogP contribution < -0.4 is 0 Å². The van der Waals surface area contributed by atoms with Crippen LogP contribution in [0.3, 0.4) is 0 Å². The molecule has 1 fully saturated rings. The molecular formula is C8H9BrO. The molecular weight excluding hydrogens is 192 g/mol. The highest BCUT2D eigenvalue weighted by molar-refractivity contribution is 9.09. The first-order valence-corrected chi connectivity index (χ1v) is 4.30. The number of hydrogen-bond acceptors (Lipinski definition) is 1. The second-order valence-corrected chi connectivity index (χ2v) is 4.21. The molecule has 0 amide bonds. The van der Waals surface area contributed by atoms with E-state index in [0.29, 0.717) is 16.5 Å². The molecule has 54 valence electrons. The van der Waals surface area contributed by atoms with Crippen LogP contribution in [0.15, 0.2) is 24.0 Å². The van der Waals surface area contributed by atoms with Crippen LogP contribution in [0, 0.1) is 11.3 Å². The Morgan fingerprint density at radius 3 is 2.90 bits per heavy atom. The minimum atomic E-state index is 0.193. The zero-order valence-electron chi connectivity index (χ0n) is 5.71. The molecule has 1 unspecified atom stereocenters. The maximum absolute atomic E-state index is 9.14. The lowest BCUT2D eigenvalue weighted by Gasteiger charge is -2.06. The molecule has 0 radical (unpaired) electrons. The van der Waals surface area contributed by atoms with E-state index < -0.39 is 0 Å². The van der Waals surface area contributed by atoms with Crippen molar-refractivity contribution in [2.45, 2.75) is 11.8 Å². The summed E-state index contributed by atoms with van der Waals surface area (Å²) in [6, 6.07) is 0. The van der Waals surface area contributed by atoms with Crippen LogP contribution in [0.2, 0.25) is 0 Å². The van der Waals surface area contributed by atoms with Gasteiger partial charge in [-0.1, -0.05) is 28.9 Å². The van der Waals surface area contributed by atoms with Crippen molar-refractivity contribution in [3.05, 3.63) is 24.0 Å². The number of alkyl halides is 1. The fourth-order valence-corrected chi connectivity index (χ4v) is 2.59. The van der Waals surface area contributed by atoms with Gasteiger partial charge in [-0.15, -0.1) is 0 Å². The lowest BCUT2D eigenvalue weighted by atomic mass is 10.0. The van der Waals surface area contributed by atoms with Gasteiger partial charge < -0.3 is 5.11 Å². The van der Waals surface area contributed by atoms with Crippen LogP contribution in [0.1, 0.15) is 6.92 Å². The normalized spacial score (nSPS) is 50.0. The first kappa shape index (κ1) is 6.47. The van der Waals surface area contributed by atoms with Gasteiger partial charge >= 0.3 is 0 Å². The molecule has 0 aromatic carbocycles. The van der Waals surface area contributed by atoms with Gasteiger partial charge in [-0.2, -0.15) is 0 Å². The highest BCUT2D eigenvalue weighted by Gasteiger charge is 2.58. The molecule has 2 rings (SSSR count). The summed E-state index contributed by atoms with van der Waals surface area (Å²) in [6.07, 6.45) is 5.76. The molecule has 10 heavy (non-hydrogen) atoms. The van der Waals surface area contributed by atoms with Crippen molar-refractivity contribution < 1.29 is 5.11 Å². The number of allylic oxidation sites excluding steroid dienone is 3. The second kappa shape index (κ2) is 1.67. The first-order chi connectivity index (χ1) is 4.64. The average Bonchev–Trinajstić information content (AvgIpc) is 2.35. The molecule has 0 saturated heterocycles. The molecule has 2 aliphatic carbocycles. The molecule has 1 nitrogen and oxygen atoms in total. The molecule has 0 aliphatic heterocycles. The van der Waals surface area contributed by atoms with Gasteiger partial charge in [0.2, 0.25) is 0 Å². The fourth-order valence-electron chi connectivity index (χ4n) is 1.56. The number of aliphatic hydroxyl groups excluding tert-OH is 1. The maximum atomic E-state index is 9.14. The minimum absolute atomic E-state index is 0.193. The molecule has 0 bridgehead atoms. The Kier molecular flexibility index (Phi) is 1.08. The highest BCUT2D eigenvalue weighted by Crippen LogP contribution is 2.60. The van der Waals surface area contributed by atoms with E-state index >= 15 is 0 Å². The Morgan fingerprint density at radius 1 is 1.70 bits per heavy atom. The van der Waals surface area contributed by atoms with Crippen LogP contribution in [-0.4, -0.2) is 9.93 Å². The van der Waals surface area contributed by atoms with Crippen molar-refractivity contribution >= 4 is 15.9 Å². The molecule has 3 atom stereocenters.